The standard InChI is InChI=1S/C12H7ClN2SSe/c13-8-4-5-9-10(7-8)17-15(12(9)16)11-3-1-2-6-14-11/h1-7H. The SMILES string of the molecule is S=c1c2ccc(Cl)cc2[se]n1-c1ccccn1. The molecule has 3 rings (SSSR count). The van der Waals surface area contributed by atoms with Gasteiger partial charge in [-0.05, 0) is 0 Å². The van der Waals surface area contributed by atoms with Gasteiger partial charge < -0.3 is 0 Å². The van der Waals surface area contributed by atoms with Gasteiger partial charge in [0.25, 0.3) is 0 Å². The third-order valence-electron chi connectivity index (χ3n) is 2.41. The van der Waals surface area contributed by atoms with Crippen LogP contribution in [0, 0.1) is 4.64 Å². The molecule has 2 nitrogen and oxygen atoms in total. The Morgan fingerprint density at radius 2 is 2.12 bits per heavy atom. The molecule has 0 amide bonds. The van der Waals surface area contributed by atoms with Crippen molar-refractivity contribution in [3.05, 3.63) is 52.3 Å². The molecule has 2 heterocycles. The van der Waals surface area contributed by atoms with Crippen molar-refractivity contribution in [2.45, 2.75) is 0 Å². The summed E-state index contributed by atoms with van der Waals surface area (Å²) in [6.07, 6.45) is 1.78. The van der Waals surface area contributed by atoms with Crippen molar-refractivity contribution in [3.8, 4) is 5.82 Å². The fourth-order valence-electron chi connectivity index (χ4n) is 1.62. The average Bonchev–Trinajstić information content (AvgIpc) is 2.67. The van der Waals surface area contributed by atoms with E-state index in [0.717, 1.165) is 20.9 Å². The van der Waals surface area contributed by atoms with E-state index in [1.54, 1.807) is 6.20 Å². The molecular formula is C12H7ClN2SSe. The zero-order valence-electron chi connectivity index (χ0n) is 8.63. The van der Waals surface area contributed by atoms with E-state index in [1.807, 2.05) is 36.4 Å². The molecule has 0 atom stereocenters. The predicted octanol–water partition coefficient (Wildman–Crippen LogP) is 3.47. The van der Waals surface area contributed by atoms with E-state index in [-0.39, 0.29) is 14.7 Å². The van der Waals surface area contributed by atoms with E-state index in [9.17, 15) is 0 Å². The quantitative estimate of drug-likeness (QED) is 0.504. The molecule has 0 aliphatic rings. The Labute approximate surface area is 114 Å². The summed E-state index contributed by atoms with van der Waals surface area (Å²) in [5.74, 6) is 0.907. The Morgan fingerprint density at radius 3 is 2.88 bits per heavy atom. The molecule has 0 unspecified atom stereocenters. The second-order valence-electron chi connectivity index (χ2n) is 3.52. The van der Waals surface area contributed by atoms with Crippen LogP contribution in [0.5, 0.6) is 0 Å². The number of nitrogens with zero attached hydrogens (tertiary/aromatic N) is 2. The predicted molar refractivity (Wildman–Crippen MR) is 73.9 cm³/mol. The number of rotatable bonds is 1. The molecular weight excluding hydrogens is 319 g/mol. The van der Waals surface area contributed by atoms with Gasteiger partial charge in [-0.2, -0.15) is 0 Å². The molecule has 3 aromatic rings. The van der Waals surface area contributed by atoms with Gasteiger partial charge in [0.1, 0.15) is 0 Å². The molecule has 0 fully saturated rings. The third kappa shape index (κ3) is 1.98. The van der Waals surface area contributed by atoms with Gasteiger partial charge in [-0.25, -0.2) is 0 Å². The van der Waals surface area contributed by atoms with Crippen LogP contribution in [-0.2, 0) is 0 Å². The van der Waals surface area contributed by atoms with Crippen LogP contribution in [0.15, 0.2) is 42.6 Å². The fourth-order valence-corrected chi connectivity index (χ4v) is 4.70. The van der Waals surface area contributed by atoms with Crippen LogP contribution < -0.4 is 0 Å². The van der Waals surface area contributed by atoms with Crippen LogP contribution in [0.3, 0.4) is 0 Å². The average molecular weight is 326 g/mol. The summed E-state index contributed by atoms with van der Waals surface area (Å²) in [5.41, 5.74) is 0. The van der Waals surface area contributed by atoms with Gasteiger partial charge in [-0.1, -0.05) is 0 Å². The van der Waals surface area contributed by atoms with Gasteiger partial charge in [0, 0.05) is 0 Å². The number of benzene rings is 1. The van der Waals surface area contributed by atoms with Crippen molar-refractivity contribution < 1.29 is 0 Å². The first-order valence-corrected chi connectivity index (χ1v) is 7.39. The molecule has 1 aromatic carbocycles. The van der Waals surface area contributed by atoms with Gasteiger partial charge in [-0.3, -0.25) is 0 Å². The summed E-state index contributed by atoms with van der Waals surface area (Å²) in [6.45, 7) is 0. The first-order valence-electron chi connectivity index (χ1n) is 4.99. The van der Waals surface area contributed by atoms with E-state index in [0.29, 0.717) is 0 Å². The van der Waals surface area contributed by atoms with Crippen LogP contribution in [0.4, 0.5) is 0 Å². The minimum absolute atomic E-state index is 0.131. The summed E-state index contributed by atoms with van der Waals surface area (Å²) in [7, 11) is 0. The summed E-state index contributed by atoms with van der Waals surface area (Å²) in [5, 5.41) is 1.87. The Bertz CT molecular complexity index is 733. The molecule has 0 bridgehead atoms. The van der Waals surface area contributed by atoms with Gasteiger partial charge in [0.15, 0.2) is 0 Å². The molecule has 0 saturated carbocycles. The number of aromatic nitrogens is 2. The van der Waals surface area contributed by atoms with E-state index < -0.39 is 0 Å². The van der Waals surface area contributed by atoms with Gasteiger partial charge in [-0.15, -0.1) is 0 Å². The van der Waals surface area contributed by atoms with Gasteiger partial charge >= 0.3 is 115 Å². The summed E-state index contributed by atoms with van der Waals surface area (Å²) < 4.78 is 4.15. The normalized spacial score (nSPS) is 10.9. The molecule has 17 heavy (non-hydrogen) atoms. The summed E-state index contributed by atoms with van der Waals surface area (Å²) >= 11 is 11.6. The molecule has 5 heteroatoms. The molecule has 0 spiro atoms. The second kappa shape index (κ2) is 4.39. The maximum atomic E-state index is 6.00. The topological polar surface area (TPSA) is 17.8 Å². The van der Waals surface area contributed by atoms with E-state index in [2.05, 4.69) is 8.55 Å². The Balaban J connectivity index is 2.32. The van der Waals surface area contributed by atoms with E-state index >= 15 is 0 Å². The van der Waals surface area contributed by atoms with Crippen molar-refractivity contribution in [3.63, 3.8) is 0 Å². The van der Waals surface area contributed by atoms with Crippen molar-refractivity contribution in [2.75, 3.05) is 0 Å². The van der Waals surface area contributed by atoms with Gasteiger partial charge in [0.2, 0.25) is 0 Å². The zero-order chi connectivity index (χ0) is 11.8. The Kier molecular flexibility index (Phi) is 2.89. The second-order valence-corrected chi connectivity index (χ2v) is 6.41. The molecule has 2 aromatic heterocycles. The zero-order valence-corrected chi connectivity index (χ0v) is 11.9. The Hall–Kier alpha value is -0.931. The maximum absolute atomic E-state index is 6.00. The molecule has 0 N–H and O–H groups in total. The monoisotopic (exact) mass is 326 g/mol. The van der Waals surface area contributed by atoms with E-state index in [1.165, 1.54) is 4.26 Å². The van der Waals surface area contributed by atoms with Gasteiger partial charge in [0.05, 0.1) is 0 Å². The van der Waals surface area contributed by atoms with Crippen LogP contribution in [0.2, 0.25) is 5.02 Å². The van der Waals surface area contributed by atoms with E-state index in [4.69, 9.17) is 23.8 Å². The van der Waals surface area contributed by atoms with Crippen LogP contribution in [0.25, 0.3) is 15.5 Å². The Morgan fingerprint density at radius 1 is 1.24 bits per heavy atom. The first kappa shape index (κ1) is 11.2. The molecule has 0 saturated heterocycles. The minimum atomic E-state index is 0.131. The number of fused-ring (bicyclic) bond motifs is 1. The van der Waals surface area contributed by atoms with Crippen LogP contribution in [0.1, 0.15) is 0 Å². The number of hydrogen-bond acceptors (Lipinski definition) is 2. The van der Waals surface area contributed by atoms with Crippen molar-refractivity contribution >= 4 is 48.2 Å². The fraction of sp³-hybridized carbons (Fsp3) is 0. The summed E-state index contributed by atoms with van der Waals surface area (Å²) in [6, 6.07) is 11.7. The van der Waals surface area contributed by atoms with Crippen LogP contribution in [-0.4, -0.2) is 23.3 Å². The number of pyridine rings is 1. The van der Waals surface area contributed by atoms with Crippen LogP contribution >= 0.6 is 23.8 Å². The molecule has 0 aliphatic heterocycles. The van der Waals surface area contributed by atoms with Crippen molar-refractivity contribution in [1.29, 1.82) is 0 Å². The summed E-state index contributed by atoms with van der Waals surface area (Å²) in [4.78, 5) is 4.34. The first-order chi connectivity index (χ1) is 8.25. The van der Waals surface area contributed by atoms with Crippen molar-refractivity contribution in [1.82, 2.24) is 8.55 Å². The third-order valence-corrected chi connectivity index (χ3v) is 5.58. The molecule has 84 valence electrons. The number of halogens is 1. The molecule has 0 radical (unpaired) electrons. The molecule has 0 aliphatic carbocycles. The van der Waals surface area contributed by atoms with Crippen molar-refractivity contribution in [2.24, 2.45) is 0 Å². The number of hydrogen-bond donors (Lipinski definition) is 0.